The van der Waals surface area contributed by atoms with Gasteiger partial charge in [0.05, 0.1) is 6.10 Å². The van der Waals surface area contributed by atoms with E-state index in [0.717, 1.165) is 4.90 Å². The molecular weight excluding hydrogens is 286 g/mol. The molecule has 22 heavy (non-hydrogen) atoms. The van der Waals surface area contributed by atoms with Gasteiger partial charge in [0.25, 0.3) is 5.91 Å². The number of nitrogens with one attached hydrogen (secondary N) is 2. The second-order valence-electron chi connectivity index (χ2n) is 5.73. The molecule has 0 saturated carbocycles. The summed E-state index contributed by atoms with van der Waals surface area (Å²) in [6, 6.07) is -0.494. The van der Waals surface area contributed by atoms with Crippen molar-refractivity contribution in [2.24, 2.45) is 0 Å². The lowest BCUT2D eigenvalue weighted by Gasteiger charge is -2.23. The van der Waals surface area contributed by atoms with E-state index in [1.54, 1.807) is 0 Å². The monoisotopic (exact) mass is 313 g/mol. The first-order valence-corrected chi connectivity index (χ1v) is 7.88. The van der Waals surface area contributed by atoms with Crippen molar-refractivity contribution in [2.75, 3.05) is 19.7 Å². The van der Waals surface area contributed by atoms with Crippen LogP contribution in [0.25, 0.3) is 0 Å². The van der Waals surface area contributed by atoms with Crippen molar-refractivity contribution in [1.82, 2.24) is 15.5 Å². The number of imide groups is 1. The Morgan fingerprint density at radius 2 is 1.95 bits per heavy atom. The van der Waals surface area contributed by atoms with Gasteiger partial charge in [-0.25, -0.2) is 4.79 Å². The Labute approximate surface area is 131 Å². The third kappa shape index (κ3) is 4.43. The zero-order valence-electron chi connectivity index (χ0n) is 13.9. The smallest absolute Gasteiger partial charge is 0.325 e. The van der Waals surface area contributed by atoms with Crippen molar-refractivity contribution in [2.45, 2.75) is 58.6 Å². The Bertz CT molecular complexity index is 419. The molecule has 1 saturated heterocycles. The zero-order chi connectivity index (χ0) is 16.8. The second kappa shape index (κ2) is 8.12. The number of urea groups is 1. The van der Waals surface area contributed by atoms with Crippen LogP contribution in [0.15, 0.2) is 0 Å². The number of rotatable bonds is 9. The van der Waals surface area contributed by atoms with Crippen molar-refractivity contribution in [3.63, 3.8) is 0 Å². The molecule has 0 unspecified atom stereocenters. The summed E-state index contributed by atoms with van der Waals surface area (Å²) in [5.41, 5.74) is -0.859. The second-order valence-corrected chi connectivity index (χ2v) is 5.73. The predicted octanol–water partition coefficient (Wildman–Crippen LogP) is 1.03. The van der Waals surface area contributed by atoms with Crippen LogP contribution in [0.5, 0.6) is 0 Å². The average molecular weight is 313 g/mol. The van der Waals surface area contributed by atoms with Gasteiger partial charge in [0.1, 0.15) is 12.1 Å². The summed E-state index contributed by atoms with van der Waals surface area (Å²) >= 11 is 0. The SMILES string of the molecule is CCC1(CC)NC(=O)N(CC(=O)NCCCOC(C)C)C1=O. The highest BCUT2D eigenvalue weighted by Gasteiger charge is 2.49. The van der Waals surface area contributed by atoms with Crippen molar-refractivity contribution in [3.8, 4) is 0 Å². The van der Waals surface area contributed by atoms with Gasteiger partial charge in [0.2, 0.25) is 5.91 Å². The fourth-order valence-electron chi connectivity index (χ4n) is 2.37. The topological polar surface area (TPSA) is 87.7 Å². The number of hydrogen-bond acceptors (Lipinski definition) is 4. The molecule has 1 fully saturated rings. The number of nitrogens with zero attached hydrogens (tertiary/aromatic N) is 1. The van der Waals surface area contributed by atoms with E-state index in [0.29, 0.717) is 32.4 Å². The minimum atomic E-state index is -0.859. The number of hydrogen-bond donors (Lipinski definition) is 2. The van der Waals surface area contributed by atoms with Gasteiger partial charge in [-0.3, -0.25) is 14.5 Å². The molecule has 0 radical (unpaired) electrons. The van der Waals surface area contributed by atoms with Crippen LogP contribution in [0.1, 0.15) is 47.0 Å². The lowest BCUT2D eigenvalue weighted by molar-refractivity contribution is -0.135. The summed E-state index contributed by atoms with van der Waals surface area (Å²) in [5, 5.41) is 5.39. The molecule has 0 atom stereocenters. The molecule has 0 aromatic rings. The van der Waals surface area contributed by atoms with Gasteiger partial charge in [-0.1, -0.05) is 13.8 Å². The molecule has 1 aliphatic rings. The molecule has 126 valence electrons. The third-order valence-electron chi connectivity index (χ3n) is 3.85. The van der Waals surface area contributed by atoms with Crippen LogP contribution in [0.3, 0.4) is 0 Å². The van der Waals surface area contributed by atoms with E-state index < -0.39 is 11.6 Å². The van der Waals surface area contributed by atoms with Crippen LogP contribution < -0.4 is 10.6 Å². The van der Waals surface area contributed by atoms with Crippen LogP contribution in [-0.4, -0.2) is 54.1 Å². The highest BCUT2D eigenvalue weighted by Crippen LogP contribution is 2.24. The molecule has 0 aliphatic carbocycles. The Balaban J connectivity index is 2.41. The number of carbonyl (C=O) groups excluding carboxylic acids is 3. The molecule has 7 heteroatoms. The third-order valence-corrected chi connectivity index (χ3v) is 3.85. The van der Waals surface area contributed by atoms with Gasteiger partial charge in [0.15, 0.2) is 0 Å². The van der Waals surface area contributed by atoms with Gasteiger partial charge in [-0.05, 0) is 33.1 Å². The fourth-order valence-corrected chi connectivity index (χ4v) is 2.37. The first kappa shape index (κ1) is 18.4. The Morgan fingerprint density at radius 1 is 1.32 bits per heavy atom. The summed E-state index contributed by atoms with van der Waals surface area (Å²) in [6.45, 7) is 8.38. The Morgan fingerprint density at radius 3 is 2.45 bits per heavy atom. The van der Waals surface area contributed by atoms with Gasteiger partial charge in [-0.2, -0.15) is 0 Å². The van der Waals surface area contributed by atoms with E-state index in [2.05, 4.69) is 10.6 Å². The molecule has 2 N–H and O–H groups in total. The standard InChI is InChI=1S/C15H27N3O4/c1-5-15(6-2)13(20)18(14(21)17-15)10-12(19)16-8-7-9-22-11(3)4/h11H,5-10H2,1-4H3,(H,16,19)(H,17,21). The molecule has 1 heterocycles. The number of amides is 4. The van der Waals surface area contributed by atoms with Crippen LogP contribution in [-0.2, 0) is 14.3 Å². The van der Waals surface area contributed by atoms with Crippen molar-refractivity contribution < 1.29 is 19.1 Å². The molecular formula is C15H27N3O4. The van der Waals surface area contributed by atoms with Crippen LogP contribution in [0.2, 0.25) is 0 Å². The molecule has 7 nitrogen and oxygen atoms in total. The van der Waals surface area contributed by atoms with E-state index >= 15 is 0 Å². The van der Waals surface area contributed by atoms with Gasteiger partial charge in [0, 0.05) is 13.2 Å². The first-order valence-electron chi connectivity index (χ1n) is 7.88. The minimum absolute atomic E-state index is 0.165. The van der Waals surface area contributed by atoms with E-state index in [-0.39, 0.29) is 24.5 Å². The maximum absolute atomic E-state index is 12.3. The summed E-state index contributed by atoms with van der Waals surface area (Å²) in [6.07, 6.45) is 1.88. The summed E-state index contributed by atoms with van der Waals surface area (Å²) in [4.78, 5) is 37.1. The van der Waals surface area contributed by atoms with E-state index in [4.69, 9.17) is 4.74 Å². The maximum atomic E-state index is 12.3. The molecule has 1 rings (SSSR count). The number of carbonyl (C=O) groups is 3. The molecule has 0 spiro atoms. The largest absolute Gasteiger partial charge is 0.379 e. The predicted molar refractivity (Wildman–Crippen MR) is 82.3 cm³/mol. The van der Waals surface area contributed by atoms with Crippen molar-refractivity contribution in [3.05, 3.63) is 0 Å². The highest BCUT2D eigenvalue weighted by atomic mass is 16.5. The first-order chi connectivity index (χ1) is 10.4. The van der Waals surface area contributed by atoms with Crippen LogP contribution in [0, 0.1) is 0 Å². The molecule has 4 amide bonds. The van der Waals surface area contributed by atoms with Crippen LogP contribution >= 0.6 is 0 Å². The summed E-state index contributed by atoms with van der Waals surface area (Å²) in [7, 11) is 0. The minimum Gasteiger partial charge on any atom is -0.379 e. The average Bonchev–Trinajstić information content (AvgIpc) is 2.71. The quantitative estimate of drug-likeness (QED) is 0.491. The van der Waals surface area contributed by atoms with E-state index in [1.807, 2.05) is 27.7 Å². The lowest BCUT2D eigenvalue weighted by Crippen LogP contribution is -2.46. The van der Waals surface area contributed by atoms with Crippen LogP contribution in [0.4, 0.5) is 4.79 Å². The highest BCUT2D eigenvalue weighted by molar-refractivity contribution is 6.08. The normalized spacial score (nSPS) is 17.0. The van der Waals surface area contributed by atoms with Gasteiger partial charge in [-0.15, -0.1) is 0 Å². The van der Waals surface area contributed by atoms with Crippen molar-refractivity contribution >= 4 is 17.8 Å². The molecule has 0 aromatic carbocycles. The molecule has 0 bridgehead atoms. The molecule has 0 aromatic heterocycles. The van der Waals surface area contributed by atoms with Gasteiger partial charge < -0.3 is 15.4 Å². The van der Waals surface area contributed by atoms with Crippen molar-refractivity contribution in [1.29, 1.82) is 0 Å². The lowest BCUT2D eigenvalue weighted by atomic mass is 9.93. The van der Waals surface area contributed by atoms with E-state index in [1.165, 1.54) is 0 Å². The Hall–Kier alpha value is -1.63. The summed E-state index contributed by atoms with van der Waals surface area (Å²) < 4.78 is 5.37. The number of ether oxygens (including phenoxy) is 1. The Kier molecular flexibility index (Phi) is 6.80. The molecule has 1 aliphatic heterocycles. The van der Waals surface area contributed by atoms with Gasteiger partial charge >= 0.3 is 6.03 Å². The zero-order valence-corrected chi connectivity index (χ0v) is 13.9. The fraction of sp³-hybridized carbons (Fsp3) is 0.800. The van der Waals surface area contributed by atoms with E-state index in [9.17, 15) is 14.4 Å². The maximum Gasteiger partial charge on any atom is 0.325 e. The summed E-state index contributed by atoms with van der Waals surface area (Å²) in [5.74, 6) is -0.656.